The van der Waals surface area contributed by atoms with E-state index >= 15 is 0 Å². The number of hydrogen-bond acceptors (Lipinski definition) is 5. The van der Waals surface area contributed by atoms with Crippen molar-refractivity contribution >= 4 is 46.0 Å². The van der Waals surface area contributed by atoms with Crippen molar-refractivity contribution in [3.05, 3.63) is 53.3 Å². The first-order valence-corrected chi connectivity index (χ1v) is 7.37. The molecule has 1 amide bonds. The zero-order valence-corrected chi connectivity index (χ0v) is 12.7. The highest BCUT2D eigenvalue weighted by atomic mass is 32.2. The molecular formula is C15H11NO3S2. The van der Waals surface area contributed by atoms with Crippen molar-refractivity contribution in [2.75, 3.05) is 12.0 Å². The Hall–Kier alpha value is -2.05. The number of para-hydroxylation sites is 2. The number of anilines is 1. The summed E-state index contributed by atoms with van der Waals surface area (Å²) in [5.74, 6) is 1.05. The number of nitrogens with zero attached hydrogens (tertiary/aromatic N) is 1. The van der Waals surface area contributed by atoms with Crippen LogP contribution in [-0.4, -0.2) is 17.3 Å². The number of ether oxygens (including phenoxy) is 1. The number of rotatable bonds is 3. The number of furan rings is 1. The van der Waals surface area contributed by atoms with Crippen LogP contribution < -0.4 is 9.64 Å². The molecule has 1 aliphatic rings. The fourth-order valence-corrected chi connectivity index (χ4v) is 3.26. The van der Waals surface area contributed by atoms with Crippen LogP contribution in [-0.2, 0) is 4.79 Å². The number of benzene rings is 1. The average molecular weight is 317 g/mol. The van der Waals surface area contributed by atoms with Gasteiger partial charge in [0.15, 0.2) is 4.32 Å². The summed E-state index contributed by atoms with van der Waals surface area (Å²) in [4.78, 5) is 14.6. The van der Waals surface area contributed by atoms with Crippen LogP contribution in [0, 0.1) is 0 Å². The fraction of sp³-hybridized carbons (Fsp3) is 0.0667. The maximum atomic E-state index is 12.6. The molecule has 1 fully saturated rings. The lowest BCUT2D eigenvalue weighted by Crippen LogP contribution is -2.27. The lowest BCUT2D eigenvalue weighted by Gasteiger charge is -2.17. The average Bonchev–Trinajstić information content (AvgIpc) is 3.09. The maximum absolute atomic E-state index is 12.6. The van der Waals surface area contributed by atoms with E-state index in [1.54, 1.807) is 43.7 Å². The van der Waals surface area contributed by atoms with Crippen molar-refractivity contribution in [2.45, 2.75) is 0 Å². The zero-order chi connectivity index (χ0) is 14.8. The maximum Gasteiger partial charge on any atom is 0.271 e. The minimum atomic E-state index is -0.175. The fourth-order valence-electron chi connectivity index (χ4n) is 1.99. The SMILES string of the molecule is COc1ccccc1N1C(=O)/C(=C/c2ccco2)SC1=S. The summed E-state index contributed by atoms with van der Waals surface area (Å²) in [5.41, 5.74) is 0.644. The summed E-state index contributed by atoms with van der Waals surface area (Å²) < 4.78 is 11.0. The van der Waals surface area contributed by atoms with E-state index in [4.69, 9.17) is 21.4 Å². The predicted octanol–water partition coefficient (Wildman–Crippen LogP) is 3.69. The predicted molar refractivity (Wildman–Crippen MR) is 87.4 cm³/mol. The first kappa shape index (κ1) is 13.9. The Balaban J connectivity index is 1.98. The molecule has 21 heavy (non-hydrogen) atoms. The molecule has 3 rings (SSSR count). The zero-order valence-electron chi connectivity index (χ0n) is 11.1. The van der Waals surface area contributed by atoms with Gasteiger partial charge in [-0.2, -0.15) is 0 Å². The second-order valence-electron chi connectivity index (χ2n) is 4.20. The van der Waals surface area contributed by atoms with Crippen LogP contribution in [0.15, 0.2) is 52.0 Å². The molecule has 1 aromatic carbocycles. The van der Waals surface area contributed by atoms with Crippen molar-refractivity contribution in [3.63, 3.8) is 0 Å². The van der Waals surface area contributed by atoms with E-state index in [0.717, 1.165) is 0 Å². The summed E-state index contributed by atoms with van der Waals surface area (Å²) in [5, 5.41) is 0. The molecule has 0 saturated carbocycles. The Morgan fingerprint density at radius 1 is 1.29 bits per heavy atom. The van der Waals surface area contributed by atoms with Gasteiger partial charge in [-0.25, -0.2) is 0 Å². The van der Waals surface area contributed by atoms with Crippen LogP contribution in [0.3, 0.4) is 0 Å². The Labute approximate surface area is 131 Å². The van der Waals surface area contributed by atoms with Crippen LogP contribution in [0.2, 0.25) is 0 Å². The molecule has 2 aromatic rings. The monoisotopic (exact) mass is 317 g/mol. The van der Waals surface area contributed by atoms with Gasteiger partial charge in [0.2, 0.25) is 0 Å². The van der Waals surface area contributed by atoms with Gasteiger partial charge in [0, 0.05) is 6.08 Å². The van der Waals surface area contributed by atoms with E-state index in [0.29, 0.717) is 26.4 Å². The van der Waals surface area contributed by atoms with Crippen molar-refractivity contribution in [1.82, 2.24) is 0 Å². The number of thioether (sulfide) groups is 1. The van der Waals surface area contributed by atoms with Gasteiger partial charge in [0.25, 0.3) is 5.91 Å². The Morgan fingerprint density at radius 2 is 2.10 bits per heavy atom. The summed E-state index contributed by atoms with van der Waals surface area (Å²) >= 11 is 6.57. The number of methoxy groups -OCH3 is 1. The minimum Gasteiger partial charge on any atom is -0.495 e. The normalized spacial score (nSPS) is 16.8. The van der Waals surface area contributed by atoms with Gasteiger partial charge in [-0.3, -0.25) is 9.69 Å². The van der Waals surface area contributed by atoms with Crippen LogP contribution in [0.25, 0.3) is 6.08 Å². The molecule has 0 bridgehead atoms. The molecule has 106 valence electrons. The highest BCUT2D eigenvalue weighted by molar-refractivity contribution is 8.27. The summed E-state index contributed by atoms with van der Waals surface area (Å²) in [6.07, 6.45) is 3.25. The third-order valence-corrected chi connectivity index (χ3v) is 4.24. The standard InChI is InChI=1S/C15H11NO3S2/c1-18-12-7-3-2-6-11(12)16-14(17)13(21-15(16)20)9-10-5-4-8-19-10/h2-9H,1H3/b13-9-. The minimum absolute atomic E-state index is 0.175. The van der Waals surface area contributed by atoms with E-state index in [1.807, 2.05) is 12.1 Å². The molecule has 1 saturated heterocycles. The van der Waals surface area contributed by atoms with E-state index in [1.165, 1.54) is 16.7 Å². The van der Waals surface area contributed by atoms with Crippen LogP contribution in [0.1, 0.15) is 5.76 Å². The third-order valence-electron chi connectivity index (χ3n) is 2.94. The molecule has 2 heterocycles. The number of amides is 1. The molecule has 0 spiro atoms. The molecule has 1 aromatic heterocycles. The van der Waals surface area contributed by atoms with Crippen molar-refractivity contribution in [1.29, 1.82) is 0 Å². The van der Waals surface area contributed by atoms with Gasteiger partial charge in [-0.15, -0.1) is 0 Å². The number of carbonyl (C=O) groups is 1. The molecule has 1 aliphatic heterocycles. The van der Waals surface area contributed by atoms with Crippen LogP contribution >= 0.6 is 24.0 Å². The molecule has 0 atom stereocenters. The van der Waals surface area contributed by atoms with Crippen LogP contribution in [0.5, 0.6) is 5.75 Å². The highest BCUT2D eigenvalue weighted by Gasteiger charge is 2.34. The van der Waals surface area contributed by atoms with E-state index in [2.05, 4.69) is 0 Å². The largest absolute Gasteiger partial charge is 0.495 e. The summed E-state index contributed by atoms with van der Waals surface area (Å²) in [7, 11) is 1.56. The van der Waals surface area contributed by atoms with Gasteiger partial charge in [-0.05, 0) is 24.3 Å². The number of hydrogen-bond donors (Lipinski definition) is 0. The second-order valence-corrected chi connectivity index (χ2v) is 5.88. The highest BCUT2D eigenvalue weighted by Crippen LogP contribution is 2.39. The summed E-state index contributed by atoms with van der Waals surface area (Å²) in [6, 6.07) is 10.8. The molecular weight excluding hydrogens is 306 g/mol. The van der Waals surface area contributed by atoms with Crippen molar-refractivity contribution in [2.24, 2.45) is 0 Å². The summed E-state index contributed by atoms with van der Waals surface area (Å²) in [6.45, 7) is 0. The van der Waals surface area contributed by atoms with E-state index < -0.39 is 0 Å². The number of carbonyl (C=O) groups excluding carboxylic acids is 1. The lowest BCUT2D eigenvalue weighted by atomic mass is 10.2. The van der Waals surface area contributed by atoms with Gasteiger partial charge in [0.05, 0.1) is 24.0 Å². The Bertz CT molecular complexity index is 722. The third kappa shape index (κ3) is 2.59. The quantitative estimate of drug-likeness (QED) is 0.638. The van der Waals surface area contributed by atoms with Gasteiger partial charge >= 0.3 is 0 Å². The van der Waals surface area contributed by atoms with Gasteiger partial charge in [0.1, 0.15) is 11.5 Å². The van der Waals surface area contributed by atoms with Crippen molar-refractivity contribution < 1.29 is 13.9 Å². The molecule has 4 nitrogen and oxygen atoms in total. The molecule has 0 N–H and O–H groups in total. The second kappa shape index (κ2) is 5.75. The first-order chi connectivity index (χ1) is 10.2. The van der Waals surface area contributed by atoms with E-state index in [9.17, 15) is 4.79 Å². The van der Waals surface area contributed by atoms with E-state index in [-0.39, 0.29) is 5.91 Å². The topological polar surface area (TPSA) is 42.7 Å². The molecule has 0 radical (unpaired) electrons. The molecule has 0 aliphatic carbocycles. The molecule has 6 heteroatoms. The van der Waals surface area contributed by atoms with Crippen molar-refractivity contribution in [3.8, 4) is 5.75 Å². The number of thiocarbonyl (C=S) groups is 1. The first-order valence-electron chi connectivity index (χ1n) is 6.15. The van der Waals surface area contributed by atoms with Gasteiger partial charge < -0.3 is 9.15 Å². The Morgan fingerprint density at radius 3 is 2.81 bits per heavy atom. The smallest absolute Gasteiger partial charge is 0.271 e. The Kier molecular flexibility index (Phi) is 3.81. The van der Waals surface area contributed by atoms with Crippen LogP contribution in [0.4, 0.5) is 5.69 Å². The van der Waals surface area contributed by atoms with Gasteiger partial charge in [-0.1, -0.05) is 36.1 Å². The molecule has 0 unspecified atom stereocenters. The lowest BCUT2D eigenvalue weighted by molar-refractivity contribution is -0.113.